The molecule has 0 radical (unpaired) electrons. The van der Waals surface area contributed by atoms with Crippen LogP contribution in [0.25, 0.3) is 0 Å². The Hall–Kier alpha value is -0.0400. The molecule has 0 spiro atoms. The van der Waals surface area contributed by atoms with Crippen molar-refractivity contribution in [1.29, 1.82) is 0 Å². The van der Waals surface area contributed by atoms with E-state index in [-0.39, 0.29) is 16.2 Å². The van der Waals surface area contributed by atoms with Crippen molar-refractivity contribution in [3.05, 3.63) is 0 Å². The first-order valence-corrected chi connectivity index (χ1v) is 5.47. The first-order chi connectivity index (χ1) is 5.75. The predicted octanol–water partition coefficient (Wildman–Crippen LogP) is 3.86. The van der Waals surface area contributed by atoms with Crippen LogP contribution in [-0.4, -0.2) is 10.7 Å². The fourth-order valence-electron chi connectivity index (χ4n) is 2.96. The summed E-state index contributed by atoms with van der Waals surface area (Å²) in [6.07, 6.45) is 0. The zero-order chi connectivity index (χ0) is 12.0. The summed E-state index contributed by atoms with van der Waals surface area (Å²) in [7, 11) is 0. The van der Waals surface area contributed by atoms with E-state index in [9.17, 15) is 5.11 Å². The molecule has 0 aliphatic heterocycles. The molecule has 1 heteroatoms. The topological polar surface area (TPSA) is 20.2 Å². The smallest absolute Gasteiger partial charge is 0.0655 e. The molecule has 0 saturated carbocycles. The van der Waals surface area contributed by atoms with E-state index in [4.69, 9.17) is 0 Å². The second-order valence-electron chi connectivity index (χ2n) is 7.18. The molecule has 0 bridgehead atoms. The predicted molar refractivity (Wildman–Crippen MR) is 63.3 cm³/mol. The Kier molecular flexibility index (Phi) is 3.22. The number of aliphatic hydroxyl groups is 1. The maximum absolute atomic E-state index is 10.4. The Morgan fingerprint density at radius 3 is 0.786 bits per heavy atom. The van der Waals surface area contributed by atoms with Crippen molar-refractivity contribution in [3.63, 3.8) is 0 Å². The molecule has 0 aromatic rings. The van der Waals surface area contributed by atoms with Gasteiger partial charge in [0.05, 0.1) is 5.60 Å². The van der Waals surface area contributed by atoms with Gasteiger partial charge in [0.1, 0.15) is 0 Å². The fraction of sp³-hybridized carbons (Fsp3) is 1.00. The summed E-state index contributed by atoms with van der Waals surface area (Å²) in [5, 5.41) is 10.4. The first kappa shape index (κ1) is 14.0. The van der Waals surface area contributed by atoms with Crippen molar-refractivity contribution in [2.24, 2.45) is 16.2 Å². The monoisotopic (exact) mass is 200 g/mol. The molecule has 0 heterocycles. The van der Waals surface area contributed by atoms with Crippen LogP contribution in [0.1, 0.15) is 62.3 Å². The molecule has 0 unspecified atom stereocenters. The molecule has 0 rings (SSSR count). The lowest BCUT2D eigenvalue weighted by molar-refractivity contribution is -0.167. The standard InChI is InChI=1S/C13H28O/c1-10(2,3)13(9,11(4,5)6)12(7,8)14/h14H,1-9H3. The highest BCUT2D eigenvalue weighted by atomic mass is 16.3. The summed E-state index contributed by atoms with van der Waals surface area (Å²) in [5.41, 5.74) is -0.663. The molecular weight excluding hydrogens is 172 g/mol. The Labute approximate surface area is 89.9 Å². The quantitative estimate of drug-likeness (QED) is 0.681. The summed E-state index contributed by atoms with van der Waals surface area (Å²) in [4.78, 5) is 0. The number of hydrogen-bond acceptors (Lipinski definition) is 1. The molecule has 1 N–H and O–H groups in total. The highest BCUT2D eigenvalue weighted by Gasteiger charge is 2.55. The normalized spacial score (nSPS) is 15.9. The van der Waals surface area contributed by atoms with Crippen LogP contribution in [0.15, 0.2) is 0 Å². The van der Waals surface area contributed by atoms with Crippen LogP contribution in [0.3, 0.4) is 0 Å². The molecule has 0 amide bonds. The maximum atomic E-state index is 10.4. The molecular formula is C13H28O. The van der Waals surface area contributed by atoms with E-state index in [0.717, 1.165) is 0 Å². The Balaban J connectivity index is 5.54. The third-order valence-corrected chi connectivity index (χ3v) is 4.22. The molecule has 0 aromatic heterocycles. The molecule has 14 heavy (non-hydrogen) atoms. The highest BCUT2D eigenvalue weighted by molar-refractivity contribution is 5.04. The van der Waals surface area contributed by atoms with Crippen LogP contribution in [0.5, 0.6) is 0 Å². The van der Waals surface area contributed by atoms with Gasteiger partial charge in [-0.15, -0.1) is 0 Å². The van der Waals surface area contributed by atoms with E-state index in [1.807, 2.05) is 13.8 Å². The van der Waals surface area contributed by atoms with Gasteiger partial charge >= 0.3 is 0 Å². The van der Waals surface area contributed by atoms with E-state index in [1.165, 1.54) is 0 Å². The Morgan fingerprint density at radius 1 is 0.571 bits per heavy atom. The zero-order valence-corrected chi connectivity index (χ0v) is 11.4. The summed E-state index contributed by atoms with van der Waals surface area (Å²) < 4.78 is 0. The average Bonchev–Trinajstić information content (AvgIpc) is 1.77. The van der Waals surface area contributed by atoms with Crippen LogP contribution in [0.4, 0.5) is 0 Å². The van der Waals surface area contributed by atoms with Crippen molar-refractivity contribution >= 4 is 0 Å². The van der Waals surface area contributed by atoms with Crippen molar-refractivity contribution in [1.82, 2.24) is 0 Å². The van der Waals surface area contributed by atoms with E-state index in [2.05, 4.69) is 48.5 Å². The molecule has 86 valence electrons. The Bertz CT molecular complexity index is 159. The van der Waals surface area contributed by atoms with Crippen molar-refractivity contribution in [3.8, 4) is 0 Å². The van der Waals surface area contributed by atoms with Crippen molar-refractivity contribution in [2.75, 3.05) is 0 Å². The van der Waals surface area contributed by atoms with Gasteiger partial charge in [0, 0.05) is 5.41 Å². The van der Waals surface area contributed by atoms with Crippen LogP contribution in [-0.2, 0) is 0 Å². The molecule has 0 fully saturated rings. The van der Waals surface area contributed by atoms with Crippen molar-refractivity contribution in [2.45, 2.75) is 67.9 Å². The Morgan fingerprint density at radius 2 is 0.786 bits per heavy atom. The van der Waals surface area contributed by atoms with Crippen LogP contribution in [0, 0.1) is 16.2 Å². The second kappa shape index (κ2) is 3.23. The van der Waals surface area contributed by atoms with E-state index in [1.54, 1.807) is 0 Å². The lowest BCUT2D eigenvalue weighted by Crippen LogP contribution is -2.57. The van der Waals surface area contributed by atoms with Gasteiger partial charge in [0.25, 0.3) is 0 Å². The van der Waals surface area contributed by atoms with Gasteiger partial charge in [-0.3, -0.25) is 0 Å². The third kappa shape index (κ3) is 1.98. The van der Waals surface area contributed by atoms with Crippen LogP contribution >= 0.6 is 0 Å². The molecule has 0 aromatic carbocycles. The van der Waals surface area contributed by atoms with Gasteiger partial charge < -0.3 is 5.11 Å². The number of rotatable bonds is 1. The van der Waals surface area contributed by atoms with E-state index >= 15 is 0 Å². The van der Waals surface area contributed by atoms with Gasteiger partial charge in [-0.1, -0.05) is 48.5 Å². The summed E-state index contributed by atoms with van der Waals surface area (Å²) in [6.45, 7) is 19.3. The summed E-state index contributed by atoms with van der Waals surface area (Å²) >= 11 is 0. The minimum atomic E-state index is -0.677. The molecule has 0 aliphatic rings. The van der Waals surface area contributed by atoms with E-state index in [0.29, 0.717) is 0 Å². The number of hydrogen-bond donors (Lipinski definition) is 1. The lowest BCUT2D eigenvalue weighted by Gasteiger charge is -2.58. The minimum absolute atomic E-state index is 0.0729. The minimum Gasteiger partial charge on any atom is -0.390 e. The molecule has 0 atom stereocenters. The molecule has 0 aliphatic carbocycles. The molecule has 0 saturated heterocycles. The highest BCUT2D eigenvalue weighted by Crippen LogP contribution is 2.57. The van der Waals surface area contributed by atoms with Gasteiger partial charge in [-0.25, -0.2) is 0 Å². The van der Waals surface area contributed by atoms with Gasteiger partial charge in [-0.2, -0.15) is 0 Å². The van der Waals surface area contributed by atoms with Gasteiger partial charge in [-0.05, 0) is 24.7 Å². The zero-order valence-electron chi connectivity index (χ0n) is 11.4. The second-order valence-corrected chi connectivity index (χ2v) is 7.18. The maximum Gasteiger partial charge on any atom is 0.0655 e. The lowest BCUT2D eigenvalue weighted by atomic mass is 9.49. The van der Waals surface area contributed by atoms with Gasteiger partial charge in [0.2, 0.25) is 0 Å². The summed E-state index contributed by atoms with van der Waals surface area (Å²) in [6, 6.07) is 0. The van der Waals surface area contributed by atoms with E-state index < -0.39 is 5.60 Å². The first-order valence-electron chi connectivity index (χ1n) is 5.47. The SMILES string of the molecule is CC(C)(C)C(C)(C(C)(C)C)C(C)(C)O. The fourth-order valence-corrected chi connectivity index (χ4v) is 2.96. The third-order valence-electron chi connectivity index (χ3n) is 4.22. The summed E-state index contributed by atoms with van der Waals surface area (Å²) in [5.74, 6) is 0. The average molecular weight is 200 g/mol. The van der Waals surface area contributed by atoms with Crippen molar-refractivity contribution < 1.29 is 5.11 Å². The van der Waals surface area contributed by atoms with Crippen LogP contribution < -0.4 is 0 Å². The van der Waals surface area contributed by atoms with Crippen LogP contribution in [0.2, 0.25) is 0 Å². The molecule has 1 nitrogen and oxygen atoms in total. The largest absolute Gasteiger partial charge is 0.390 e. The van der Waals surface area contributed by atoms with Gasteiger partial charge in [0.15, 0.2) is 0 Å².